The number of anilines is 2. The lowest BCUT2D eigenvalue weighted by molar-refractivity contribution is 0.101. The van der Waals surface area contributed by atoms with E-state index in [2.05, 4.69) is 0 Å². The largest absolute Gasteiger partial charge is 0.399 e. The van der Waals surface area contributed by atoms with Crippen molar-refractivity contribution in [1.82, 2.24) is 0 Å². The van der Waals surface area contributed by atoms with Gasteiger partial charge in [0.25, 0.3) is 0 Å². The molecule has 0 spiro atoms. The monoisotopic (exact) mass is 226 g/mol. The van der Waals surface area contributed by atoms with E-state index >= 15 is 0 Å². The van der Waals surface area contributed by atoms with E-state index in [0.717, 1.165) is 11.1 Å². The van der Waals surface area contributed by atoms with E-state index < -0.39 is 0 Å². The van der Waals surface area contributed by atoms with Crippen LogP contribution in [0.4, 0.5) is 11.4 Å². The molecule has 86 valence electrons. The van der Waals surface area contributed by atoms with Crippen LogP contribution < -0.4 is 11.5 Å². The number of carbonyl (C=O) groups is 1. The molecule has 3 heteroatoms. The molecular formula is C14H14N2O. The Hall–Kier alpha value is -2.29. The van der Waals surface area contributed by atoms with Gasteiger partial charge < -0.3 is 11.5 Å². The second-order valence-corrected chi connectivity index (χ2v) is 4.03. The highest BCUT2D eigenvalue weighted by molar-refractivity contribution is 5.96. The van der Waals surface area contributed by atoms with Crippen molar-refractivity contribution in [2.45, 2.75) is 6.92 Å². The molecule has 0 radical (unpaired) electrons. The van der Waals surface area contributed by atoms with E-state index in [9.17, 15) is 4.79 Å². The molecule has 0 bridgehead atoms. The Morgan fingerprint density at radius 2 is 1.65 bits per heavy atom. The maximum atomic E-state index is 11.4. The number of rotatable bonds is 2. The van der Waals surface area contributed by atoms with Crippen molar-refractivity contribution in [3.63, 3.8) is 0 Å². The first-order valence-electron chi connectivity index (χ1n) is 5.33. The number of Topliss-reactive ketones (excluding diaryl/α,β-unsaturated/α-hetero) is 1. The molecule has 17 heavy (non-hydrogen) atoms. The zero-order valence-electron chi connectivity index (χ0n) is 9.60. The third-order valence-corrected chi connectivity index (χ3v) is 2.58. The van der Waals surface area contributed by atoms with Crippen molar-refractivity contribution >= 4 is 17.2 Å². The fourth-order valence-corrected chi connectivity index (χ4v) is 1.74. The SMILES string of the molecule is CC(=O)c1cc(N)cc(-c2cccc(N)c2)c1. The second kappa shape index (κ2) is 4.29. The van der Waals surface area contributed by atoms with Crippen LogP contribution in [0.3, 0.4) is 0 Å². The number of hydrogen-bond donors (Lipinski definition) is 2. The van der Waals surface area contributed by atoms with Gasteiger partial charge in [0, 0.05) is 16.9 Å². The van der Waals surface area contributed by atoms with Gasteiger partial charge in [0.1, 0.15) is 0 Å². The maximum absolute atomic E-state index is 11.4. The van der Waals surface area contributed by atoms with Crippen LogP contribution in [0, 0.1) is 0 Å². The molecule has 3 nitrogen and oxygen atoms in total. The lowest BCUT2D eigenvalue weighted by Crippen LogP contribution is -1.96. The van der Waals surface area contributed by atoms with Crippen LogP contribution in [-0.4, -0.2) is 5.78 Å². The summed E-state index contributed by atoms with van der Waals surface area (Å²) in [6, 6.07) is 12.8. The molecule has 2 aromatic rings. The van der Waals surface area contributed by atoms with Crippen molar-refractivity contribution in [1.29, 1.82) is 0 Å². The summed E-state index contributed by atoms with van der Waals surface area (Å²) in [6.07, 6.45) is 0. The predicted molar refractivity (Wildman–Crippen MR) is 70.7 cm³/mol. The normalized spacial score (nSPS) is 10.2. The Morgan fingerprint density at radius 3 is 2.29 bits per heavy atom. The van der Waals surface area contributed by atoms with E-state index in [1.54, 1.807) is 6.07 Å². The smallest absolute Gasteiger partial charge is 0.159 e. The summed E-state index contributed by atoms with van der Waals surface area (Å²) in [7, 11) is 0. The van der Waals surface area contributed by atoms with Crippen LogP contribution in [0.25, 0.3) is 11.1 Å². The lowest BCUT2D eigenvalue weighted by atomic mass is 10.0. The minimum Gasteiger partial charge on any atom is -0.399 e. The zero-order chi connectivity index (χ0) is 12.4. The first-order chi connectivity index (χ1) is 8.06. The molecule has 0 heterocycles. The summed E-state index contributed by atoms with van der Waals surface area (Å²) in [5, 5.41) is 0. The molecule has 2 aromatic carbocycles. The van der Waals surface area contributed by atoms with Gasteiger partial charge in [0.05, 0.1) is 0 Å². The predicted octanol–water partition coefficient (Wildman–Crippen LogP) is 2.72. The Morgan fingerprint density at radius 1 is 0.941 bits per heavy atom. The second-order valence-electron chi connectivity index (χ2n) is 4.03. The lowest BCUT2D eigenvalue weighted by Gasteiger charge is -2.06. The molecule has 0 aliphatic rings. The van der Waals surface area contributed by atoms with Crippen molar-refractivity contribution < 1.29 is 4.79 Å². The average Bonchev–Trinajstić information content (AvgIpc) is 2.28. The van der Waals surface area contributed by atoms with E-state index in [4.69, 9.17) is 11.5 Å². The number of nitrogen functional groups attached to an aromatic ring is 2. The summed E-state index contributed by atoms with van der Waals surface area (Å²) in [5.74, 6) is 0.00227. The van der Waals surface area contributed by atoms with Gasteiger partial charge in [0.15, 0.2) is 5.78 Å². The van der Waals surface area contributed by atoms with Crippen molar-refractivity contribution in [2.75, 3.05) is 11.5 Å². The topological polar surface area (TPSA) is 69.1 Å². The summed E-state index contributed by atoms with van der Waals surface area (Å²) in [6.45, 7) is 1.53. The van der Waals surface area contributed by atoms with Crippen molar-refractivity contribution in [3.8, 4) is 11.1 Å². The van der Waals surface area contributed by atoms with Gasteiger partial charge in [-0.2, -0.15) is 0 Å². The van der Waals surface area contributed by atoms with Crippen molar-refractivity contribution in [3.05, 3.63) is 48.0 Å². The van der Waals surface area contributed by atoms with Gasteiger partial charge in [-0.25, -0.2) is 0 Å². The summed E-state index contributed by atoms with van der Waals surface area (Å²) >= 11 is 0. The highest BCUT2D eigenvalue weighted by Gasteiger charge is 2.05. The molecule has 0 fully saturated rings. The molecule has 0 unspecified atom stereocenters. The summed E-state index contributed by atoms with van der Waals surface area (Å²) in [5.41, 5.74) is 15.3. The molecule has 0 aliphatic heterocycles. The first kappa shape index (κ1) is 11.2. The molecule has 4 N–H and O–H groups in total. The Bertz CT molecular complexity index is 576. The number of ketones is 1. The fourth-order valence-electron chi connectivity index (χ4n) is 1.74. The number of carbonyl (C=O) groups excluding carboxylic acids is 1. The quantitative estimate of drug-likeness (QED) is 0.611. The summed E-state index contributed by atoms with van der Waals surface area (Å²) < 4.78 is 0. The van der Waals surface area contributed by atoms with Gasteiger partial charge in [-0.1, -0.05) is 12.1 Å². The van der Waals surface area contributed by atoms with Crippen molar-refractivity contribution in [2.24, 2.45) is 0 Å². The highest BCUT2D eigenvalue weighted by Crippen LogP contribution is 2.25. The molecule has 2 rings (SSSR count). The van der Waals surface area contributed by atoms with E-state index in [-0.39, 0.29) is 5.78 Å². The standard InChI is InChI=1S/C14H14N2O/c1-9(17)11-5-12(8-14(16)7-11)10-3-2-4-13(15)6-10/h2-8H,15-16H2,1H3. The van der Waals surface area contributed by atoms with Gasteiger partial charge in [-0.3, -0.25) is 4.79 Å². The number of hydrogen-bond acceptors (Lipinski definition) is 3. The first-order valence-corrected chi connectivity index (χ1v) is 5.33. The minimum atomic E-state index is 0.00227. The number of benzene rings is 2. The highest BCUT2D eigenvalue weighted by atomic mass is 16.1. The third-order valence-electron chi connectivity index (χ3n) is 2.58. The Balaban J connectivity index is 2.56. The van der Waals surface area contributed by atoms with Crippen LogP contribution in [0.15, 0.2) is 42.5 Å². The minimum absolute atomic E-state index is 0.00227. The molecule has 0 atom stereocenters. The molecule has 0 saturated heterocycles. The van der Waals surface area contributed by atoms with Crippen LogP contribution >= 0.6 is 0 Å². The summed E-state index contributed by atoms with van der Waals surface area (Å²) in [4.78, 5) is 11.4. The van der Waals surface area contributed by atoms with Crippen LogP contribution in [-0.2, 0) is 0 Å². The van der Waals surface area contributed by atoms with Crippen LogP contribution in [0.2, 0.25) is 0 Å². The van der Waals surface area contributed by atoms with E-state index in [1.807, 2.05) is 36.4 Å². The number of nitrogens with two attached hydrogens (primary N) is 2. The van der Waals surface area contributed by atoms with Crippen LogP contribution in [0.1, 0.15) is 17.3 Å². The molecule has 0 amide bonds. The fraction of sp³-hybridized carbons (Fsp3) is 0.0714. The van der Waals surface area contributed by atoms with E-state index in [0.29, 0.717) is 16.9 Å². The Kier molecular flexibility index (Phi) is 2.83. The zero-order valence-corrected chi connectivity index (χ0v) is 9.60. The average molecular weight is 226 g/mol. The van der Waals surface area contributed by atoms with Gasteiger partial charge in [-0.05, 0) is 48.4 Å². The van der Waals surface area contributed by atoms with Gasteiger partial charge in [-0.15, -0.1) is 0 Å². The Labute approximate surface area is 100 Å². The van der Waals surface area contributed by atoms with E-state index in [1.165, 1.54) is 6.92 Å². The van der Waals surface area contributed by atoms with Crippen LogP contribution in [0.5, 0.6) is 0 Å². The third kappa shape index (κ3) is 2.45. The molecule has 0 aliphatic carbocycles. The molecule has 0 aromatic heterocycles. The molecule has 0 saturated carbocycles. The molecular weight excluding hydrogens is 212 g/mol. The van der Waals surface area contributed by atoms with Gasteiger partial charge in [0.2, 0.25) is 0 Å². The van der Waals surface area contributed by atoms with Gasteiger partial charge >= 0.3 is 0 Å². The maximum Gasteiger partial charge on any atom is 0.159 e.